The van der Waals surface area contributed by atoms with Gasteiger partial charge in [-0.1, -0.05) is 32.0 Å². The highest BCUT2D eigenvalue weighted by molar-refractivity contribution is 8.16. The Bertz CT molecular complexity index is 991. The van der Waals surface area contributed by atoms with Crippen LogP contribution in [0.25, 0.3) is 0 Å². The van der Waals surface area contributed by atoms with E-state index in [4.69, 9.17) is 9.47 Å². The second-order valence-electron chi connectivity index (χ2n) is 8.81. The number of nitrogens with zero attached hydrogens (tertiary/aromatic N) is 1. The molecule has 0 bridgehead atoms. The molecule has 1 aliphatic rings. The number of rotatable bonds is 10. The maximum absolute atomic E-state index is 12.0. The van der Waals surface area contributed by atoms with Gasteiger partial charge in [-0.25, -0.2) is 0 Å². The summed E-state index contributed by atoms with van der Waals surface area (Å²) in [5, 5.41) is 2.04. The third kappa shape index (κ3) is 7.05. The number of pyridine rings is 1. The third-order valence-electron chi connectivity index (χ3n) is 5.31. The van der Waals surface area contributed by atoms with Crippen LogP contribution in [0.3, 0.4) is 0 Å². The fourth-order valence-electron chi connectivity index (χ4n) is 3.46. The summed E-state index contributed by atoms with van der Waals surface area (Å²) >= 11 is 1.03. The van der Waals surface area contributed by atoms with Crippen LogP contribution < -0.4 is 10.1 Å². The van der Waals surface area contributed by atoms with Gasteiger partial charge in [-0.3, -0.25) is 24.7 Å². The predicted molar refractivity (Wildman–Crippen MR) is 127 cm³/mol. The number of carbonyl (C=O) groups is 3. The van der Waals surface area contributed by atoms with E-state index >= 15 is 0 Å². The summed E-state index contributed by atoms with van der Waals surface area (Å²) < 4.78 is 10.5. The highest BCUT2D eigenvalue weighted by atomic mass is 32.2. The van der Waals surface area contributed by atoms with E-state index in [-0.39, 0.29) is 29.1 Å². The number of ether oxygens (including phenoxy) is 2. The summed E-state index contributed by atoms with van der Waals surface area (Å²) in [6, 6.07) is 11.4. The van der Waals surface area contributed by atoms with Crippen LogP contribution in [0, 0.1) is 5.92 Å². The van der Waals surface area contributed by atoms with E-state index in [2.05, 4.69) is 10.3 Å². The molecule has 176 valence electrons. The van der Waals surface area contributed by atoms with Crippen molar-refractivity contribution >= 4 is 28.9 Å². The highest BCUT2D eigenvalue weighted by Crippen LogP contribution is 2.34. The van der Waals surface area contributed by atoms with Crippen LogP contribution in [-0.2, 0) is 27.2 Å². The van der Waals surface area contributed by atoms with E-state index < -0.39 is 4.75 Å². The van der Waals surface area contributed by atoms with Crippen molar-refractivity contribution in [1.29, 1.82) is 0 Å². The molecule has 1 fully saturated rings. The Morgan fingerprint density at radius 2 is 1.85 bits per heavy atom. The first-order valence-electron chi connectivity index (χ1n) is 11.0. The van der Waals surface area contributed by atoms with Gasteiger partial charge < -0.3 is 9.47 Å². The molecule has 33 heavy (non-hydrogen) atoms. The maximum Gasteiger partial charge on any atom is 0.306 e. The van der Waals surface area contributed by atoms with Gasteiger partial charge in [-0.15, -0.1) is 0 Å². The second kappa shape index (κ2) is 10.8. The monoisotopic (exact) mass is 470 g/mol. The van der Waals surface area contributed by atoms with Crippen LogP contribution in [-0.4, -0.2) is 33.5 Å². The van der Waals surface area contributed by atoms with E-state index in [0.717, 1.165) is 34.3 Å². The maximum atomic E-state index is 12.0. The molecule has 2 heterocycles. The summed E-state index contributed by atoms with van der Waals surface area (Å²) in [6.45, 7) is 8.05. The summed E-state index contributed by atoms with van der Waals surface area (Å²) in [4.78, 5) is 39.7. The molecule has 2 aromatic rings. The Kier molecular flexibility index (Phi) is 8.13. The summed E-state index contributed by atoms with van der Waals surface area (Å²) in [5.74, 6) is 0.544. The number of thioether (sulfide) groups is 1. The number of esters is 1. The first kappa shape index (κ1) is 24.8. The van der Waals surface area contributed by atoms with Crippen LogP contribution >= 0.6 is 11.8 Å². The summed E-state index contributed by atoms with van der Waals surface area (Å²) in [6.07, 6.45) is 2.92. The molecule has 0 radical (unpaired) electrons. The normalized spacial score (nSPS) is 18.8. The lowest BCUT2D eigenvalue weighted by atomic mass is 9.99. The fraction of sp³-hybridized carbons (Fsp3) is 0.440. The summed E-state index contributed by atoms with van der Waals surface area (Å²) in [7, 11) is 0. The number of hydrogen-bond donors (Lipinski definition) is 1. The Morgan fingerprint density at radius 3 is 2.42 bits per heavy atom. The van der Waals surface area contributed by atoms with Crippen LogP contribution in [0.2, 0.25) is 0 Å². The molecule has 1 unspecified atom stereocenters. The number of imide groups is 1. The molecule has 2 atom stereocenters. The zero-order valence-corrected chi connectivity index (χ0v) is 20.2. The number of carbonyl (C=O) groups excluding carboxylic acids is 3. The van der Waals surface area contributed by atoms with Gasteiger partial charge in [-0.2, -0.15) is 0 Å². The van der Waals surface area contributed by atoms with Gasteiger partial charge >= 0.3 is 5.97 Å². The topological polar surface area (TPSA) is 94.6 Å². The third-order valence-corrected chi connectivity index (χ3v) is 6.37. The van der Waals surface area contributed by atoms with E-state index in [0.29, 0.717) is 25.9 Å². The average molecular weight is 471 g/mol. The van der Waals surface area contributed by atoms with Crippen molar-refractivity contribution in [2.75, 3.05) is 6.61 Å². The molecule has 0 saturated carbocycles. The van der Waals surface area contributed by atoms with Gasteiger partial charge in [-0.05, 0) is 61.7 Å². The summed E-state index contributed by atoms with van der Waals surface area (Å²) in [5.41, 5.74) is 2.71. The quantitative estimate of drug-likeness (QED) is 0.506. The van der Waals surface area contributed by atoms with Gasteiger partial charge in [0.15, 0.2) is 0 Å². The molecule has 1 aromatic heterocycles. The lowest BCUT2D eigenvalue weighted by molar-refractivity contribution is -0.149. The molecule has 1 aromatic carbocycles. The predicted octanol–water partition coefficient (Wildman–Crippen LogP) is 4.64. The largest absolute Gasteiger partial charge is 0.493 e. The van der Waals surface area contributed by atoms with Crippen molar-refractivity contribution in [1.82, 2.24) is 10.3 Å². The highest BCUT2D eigenvalue weighted by Gasteiger charge is 2.43. The SMILES string of the molecule is CC(C)CC(=O)O[C@H](C)c1ccc(CCOc2ccc(CC3(C)SC(=O)NC3=O)cc2)nc1. The minimum atomic E-state index is -0.776. The molecule has 1 N–H and O–H groups in total. The first-order chi connectivity index (χ1) is 15.6. The molecule has 1 saturated heterocycles. The van der Waals surface area contributed by atoms with Gasteiger partial charge in [0.05, 0.1) is 6.61 Å². The zero-order chi connectivity index (χ0) is 24.0. The Morgan fingerprint density at radius 1 is 1.12 bits per heavy atom. The van der Waals surface area contributed by atoms with Crippen molar-refractivity contribution < 1.29 is 23.9 Å². The number of benzene rings is 1. The molecule has 0 aliphatic carbocycles. The number of amides is 2. The van der Waals surface area contributed by atoms with Crippen LogP contribution in [0.1, 0.15) is 57.0 Å². The van der Waals surface area contributed by atoms with Gasteiger partial charge in [0, 0.05) is 30.3 Å². The van der Waals surface area contributed by atoms with Gasteiger partial charge in [0.1, 0.15) is 16.6 Å². The Balaban J connectivity index is 1.45. The molecule has 7 nitrogen and oxygen atoms in total. The molecule has 3 rings (SSSR count). The van der Waals surface area contributed by atoms with Crippen molar-refractivity contribution in [2.45, 2.75) is 57.8 Å². The second-order valence-corrected chi connectivity index (χ2v) is 10.3. The van der Waals surface area contributed by atoms with Crippen LogP contribution in [0.4, 0.5) is 4.79 Å². The van der Waals surface area contributed by atoms with E-state index in [1.807, 2.05) is 57.2 Å². The smallest absolute Gasteiger partial charge is 0.306 e. The van der Waals surface area contributed by atoms with Crippen molar-refractivity contribution in [3.05, 3.63) is 59.4 Å². The first-order valence-corrected chi connectivity index (χ1v) is 11.9. The Hall–Kier alpha value is -2.87. The average Bonchev–Trinajstić information content (AvgIpc) is 3.00. The molecular weight excluding hydrogens is 440 g/mol. The van der Waals surface area contributed by atoms with Gasteiger partial charge in [0.25, 0.3) is 5.24 Å². The van der Waals surface area contributed by atoms with E-state index in [1.165, 1.54) is 0 Å². The number of aromatic nitrogens is 1. The van der Waals surface area contributed by atoms with Gasteiger partial charge in [0.2, 0.25) is 5.91 Å². The van der Waals surface area contributed by atoms with Crippen molar-refractivity contribution in [3.63, 3.8) is 0 Å². The molecule has 0 spiro atoms. The van der Waals surface area contributed by atoms with E-state index in [1.54, 1.807) is 13.1 Å². The zero-order valence-electron chi connectivity index (χ0n) is 19.4. The van der Waals surface area contributed by atoms with Crippen LogP contribution in [0.15, 0.2) is 42.6 Å². The standard InChI is InChI=1S/C25H30N2O5S/c1-16(2)13-22(28)32-17(3)19-7-8-20(26-15-19)11-12-31-21-9-5-18(6-10-21)14-25(4)23(29)27-24(30)33-25/h5-10,15-17H,11-14H2,1-4H3,(H,27,29,30)/t17-,25?/m1/s1. The van der Waals surface area contributed by atoms with Crippen LogP contribution in [0.5, 0.6) is 5.75 Å². The van der Waals surface area contributed by atoms with Crippen molar-refractivity contribution in [3.8, 4) is 5.75 Å². The van der Waals surface area contributed by atoms with Crippen molar-refractivity contribution in [2.24, 2.45) is 5.92 Å². The minimum Gasteiger partial charge on any atom is -0.493 e. The molecule has 1 aliphatic heterocycles. The molecule has 8 heteroatoms. The lowest BCUT2D eigenvalue weighted by Crippen LogP contribution is -2.35. The minimum absolute atomic E-state index is 0.200. The van der Waals surface area contributed by atoms with E-state index in [9.17, 15) is 14.4 Å². The number of hydrogen-bond acceptors (Lipinski definition) is 7. The molecule has 2 amide bonds. The number of nitrogens with one attached hydrogen (secondary N) is 1. The molecular formula is C25H30N2O5S. The lowest BCUT2D eigenvalue weighted by Gasteiger charge is -2.18. The fourth-order valence-corrected chi connectivity index (χ4v) is 4.39. The Labute approximate surface area is 198 Å².